The number of benzene rings is 3. The van der Waals surface area contributed by atoms with Gasteiger partial charge < -0.3 is 44.6 Å². The molecular weight excluding hydrogens is 906 g/mol. The van der Waals surface area contributed by atoms with Gasteiger partial charge in [-0.25, -0.2) is 4.98 Å². The molecule has 6 rings (SSSR count). The molecule has 5 aromatic rings. The summed E-state index contributed by atoms with van der Waals surface area (Å²) in [7, 11) is -4.69. The van der Waals surface area contributed by atoms with Crippen molar-refractivity contribution >= 4 is 38.9 Å². The first-order valence-corrected chi connectivity index (χ1v) is 27.1. The van der Waals surface area contributed by atoms with Gasteiger partial charge in [-0.2, -0.15) is 4.98 Å². The number of hydrogen-bond acceptors (Lipinski definition) is 12. The third kappa shape index (κ3) is 14.4. The lowest BCUT2D eigenvalue weighted by molar-refractivity contribution is -0.118. The molecule has 1 aliphatic rings. The number of rotatable bonds is 14. The summed E-state index contributed by atoms with van der Waals surface area (Å²) in [4.78, 5) is 59.5. The second-order valence-corrected chi connectivity index (χ2v) is 27.4. The minimum absolute atomic E-state index is 0. The number of carbonyl (C=O) groups excluding carboxylic acids is 1. The van der Waals surface area contributed by atoms with Gasteiger partial charge in [-0.3, -0.25) is 29.0 Å². The fourth-order valence-electron chi connectivity index (χ4n) is 6.82. The lowest BCUT2D eigenvalue weighted by atomic mass is 9.80. The largest absolute Gasteiger partial charge is 0.497 e. The fourth-order valence-corrected chi connectivity index (χ4v) is 9.45. The molecule has 19 heteroatoms. The minimum atomic E-state index is -5.08. The standard InChI is InChI=1S/C41H52N5O10PSi.2C4H11N/c1-25(2)36(47)44-39-43-35-32(37(48)45-39)42-24-46(35)38-34(57(49,50)51)33(56-58(8,9)40(3,4)5)31(55-38)23-54-41(26-13-11-10-12-14-26,27-15-19-29(52-6)20-16-27)28-17-21-30(53-7)22-18-28;2*1-4(2,3)5/h10-22,24-25,31,33-34,38H,23H2,1-9H3,(H2,49,50,51)(H2,43,44,45,47,48);2*5H2,1-3H3/t31-,33-,34-,38-;;/m1../s1. The second-order valence-electron chi connectivity index (χ2n) is 20.9. The molecule has 0 spiro atoms. The van der Waals surface area contributed by atoms with Crippen LogP contribution in [0.2, 0.25) is 18.1 Å². The van der Waals surface area contributed by atoms with Crippen LogP contribution in [0.15, 0.2) is 90.0 Å². The van der Waals surface area contributed by atoms with Crippen LogP contribution in [0.25, 0.3) is 11.2 Å². The zero-order chi connectivity index (χ0) is 51.2. The predicted molar refractivity (Wildman–Crippen MR) is 270 cm³/mol. The van der Waals surface area contributed by atoms with E-state index < -0.39 is 63.0 Å². The van der Waals surface area contributed by atoms with Crippen molar-refractivity contribution in [1.29, 1.82) is 0 Å². The highest BCUT2D eigenvalue weighted by Crippen LogP contribution is 2.56. The van der Waals surface area contributed by atoms with E-state index in [1.165, 1.54) is 10.9 Å². The molecule has 374 valence electrons. The Hall–Kier alpha value is -4.75. The van der Waals surface area contributed by atoms with E-state index in [2.05, 4.69) is 20.3 Å². The molecule has 0 unspecified atom stereocenters. The van der Waals surface area contributed by atoms with Crippen LogP contribution in [0.5, 0.6) is 11.5 Å². The normalized spacial score (nSPS) is 18.1. The minimum Gasteiger partial charge on any atom is -0.497 e. The summed E-state index contributed by atoms with van der Waals surface area (Å²) < 4.78 is 47.0. The van der Waals surface area contributed by atoms with Gasteiger partial charge in [-0.1, -0.05) is 89.2 Å². The van der Waals surface area contributed by atoms with Crippen molar-refractivity contribution in [2.75, 3.05) is 26.1 Å². The average molecular weight is 980 g/mol. The van der Waals surface area contributed by atoms with Crippen molar-refractivity contribution in [2.24, 2.45) is 17.4 Å². The third-order valence-electron chi connectivity index (χ3n) is 11.0. The maximum absolute atomic E-state index is 13.8. The fraction of sp³-hybridized carbons (Fsp3) is 0.510. The number of amides is 1. The van der Waals surface area contributed by atoms with Gasteiger partial charge in [0.25, 0.3) is 5.56 Å². The van der Waals surface area contributed by atoms with Gasteiger partial charge in [0.2, 0.25) is 11.9 Å². The first kappa shape index (κ1) is 55.8. The third-order valence-corrected chi connectivity index (χ3v) is 16.8. The van der Waals surface area contributed by atoms with Crippen molar-refractivity contribution < 1.29 is 42.5 Å². The molecule has 0 saturated carbocycles. The summed E-state index contributed by atoms with van der Waals surface area (Å²) in [5.74, 6) is 0.318. The van der Waals surface area contributed by atoms with E-state index in [9.17, 15) is 23.9 Å². The van der Waals surface area contributed by atoms with Crippen LogP contribution in [-0.4, -0.2) is 93.3 Å². The summed E-state index contributed by atoms with van der Waals surface area (Å²) in [6, 6.07) is 24.6. The Morgan fingerprint density at radius 1 is 0.853 bits per heavy atom. The van der Waals surface area contributed by atoms with Crippen LogP contribution < -0.4 is 31.8 Å². The van der Waals surface area contributed by atoms with E-state index >= 15 is 0 Å². The molecule has 3 aromatic carbocycles. The maximum atomic E-state index is 13.8. The maximum Gasteiger partial charge on any atom is 0.335 e. The lowest BCUT2D eigenvalue weighted by Gasteiger charge is -2.41. The summed E-state index contributed by atoms with van der Waals surface area (Å²) in [5.41, 5.74) is 9.27. The van der Waals surface area contributed by atoms with Gasteiger partial charge in [-0.05, 0) is 101 Å². The van der Waals surface area contributed by atoms with Gasteiger partial charge in [0, 0.05) is 17.0 Å². The predicted octanol–water partition coefficient (Wildman–Crippen LogP) is 8.06. The van der Waals surface area contributed by atoms with Crippen LogP contribution in [0.3, 0.4) is 0 Å². The highest BCUT2D eigenvalue weighted by molar-refractivity contribution is 7.52. The molecule has 1 amide bonds. The number of nitrogens with zero attached hydrogens (tertiary/aromatic N) is 3. The van der Waals surface area contributed by atoms with Gasteiger partial charge in [0.15, 0.2) is 25.7 Å². The van der Waals surface area contributed by atoms with E-state index in [-0.39, 0.29) is 39.8 Å². The average Bonchev–Trinajstić information content (AvgIpc) is 3.81. The molecule has 1 fully saturated rings. The van der Waals surface area contributed by atoms with Crippen molar-refractivity contribution in [3.63, 3.8) is 0 Å². The Morgan fingerprint density at radius 2 is 1.32 bits per heavy atom. The quantitative estimate of drug-likeness (QED) is 0.0350. The molecule has 3 heterocycles. The van der Waals surface area contributed by atoms with E-state index in [0.717, 1.165) is 16.7 Å². The van der Waals surface area contributed by atoms with Gasteiger partial charge in [0.05, 0.1) is 33.3 Å². The summed E-state index contributed by atoms with van der Waals surface area (Å²) in [6.45, 7) is 25.0. The van der Waals surface area contributed by atoms with Crippen molar-refractivity contribution in [3.05, 3.63) is 112 Å². The van der Waals surface area contributed by atoms with Crippen LogP contribution >= 0.6 is 7.60 Å². The highest BCUT2D eigenvalue weighted by atomic mass is 31.2. The monoisotopic (exact) mass is 980 g/mol. The zero-order valence-electron chi connectivity index (χ0n) is 42.3. The Balaban J connectivity index is 0.000000913. The summed E-state index contributed by atoms with van der Waals surface area (Å²) in [5, 5.41) is 2.23. The first-order valence-electron chi connectivity index (χ1n) is 22.5. The smallest absolute Gasteiger partial charge is 0.335 e. The lowest BCUT2D eigenvalue weighted by Crippen LogP contribution is -2.50. The summed E-state index contributed by atoms with van der Waals surface area (Å²) >= 11 is 0. The van der Waals surface area contributed by atoms with E-state index in [1.54, 1.807) is 28.1 Å². The Morgan fingerprint density at radius 3 is 1.75 bits per heavy atom. The number of hydrogen-bond donors (Lipinski definition) is 6. The number of H-pyrrole nitrogens is 1. The van der Waals surface area contributed by atoms with Crippen molar-refractivity contribution in [1.82, 2.24) is 19.5 Å². The molecule has 8 N–H and O–H groups in total. The van der Waals surface area contributed by atoms with E-state index in [0.29, 0.717) is 11.5 Å². The number of ether oxygens (including phenoxy) is 4. The van der Waals surface area contributed by atoms with Gasteiger partial charge in [-0.15, -0.1) is 0 Å². The molecule has 17 nitrogen and oxygen atoms in total. The Labute approximate surface area is 402 Å². The van der Waals surface area contributed by atoms with Crippen molar-refractivity contribution in [2.45, 2.75) is 135 Å². The zero-order valence-corrected chi connectivity index (χ0v) is 44.2. The van der Waals surface area contributed by atoms with Crippen LogP contribution in [0.1, 0.15) is 99.1 Å². The van der Waals surface area contributed by atoms with E-state index in [1.807, 2.05) is 154 Å². The second kappa shape index (κ2) is 21.9. The molecule has 1 aliphatic heterocycles. The number of aromatic amines is 1. The van der Waals surface area contributed by atoms with Crippen LogP contribution in [0, 0.1) is 5.92 Å². The first-order chi connectivity index (χ1) is 31.3. The molecule has 68 heavy (non-hydrogen) atoms. The SMILES string of the molecule is CC(C)(C)N.CC(C)(C)N.COc1ccc(C(OC[C@H]2O[C@@H](n3cnc4c(=O)[nH]c(NC(=O)C(C)C)nc43)[C@H](P(=O)(O)O)[C@@H]2O[Si](C)(C)C(C)(C)C)(c2ccccc2)c2ccc(OC)cc2)cc1. The molecular formula is C49H74N7O10PSi. The topological polar surface area (TPSA) is 248 Å². The van der Waals surface area contributed by atoms with Gasteiger partial charge in [0.1, 0.15) is 28.9 Å². The number of nitrogens with one attached hydrogen (secondary N) is 2. The van der Waals surface area contributed by atoms with E-state index in [4.69, 9.17) is 34.8 Å². The molecule has 2 aromatic heterocycles. The van der Waals surface area contributed by atoms with Gasteiger partial charge >= 0.3 is 7.60 Å². The summed E-state index contributed by atoms with van der Waals surface area (Å²) in [6.07, 6.45) is -2.45. The molecule has 0 aliphatic carbocycles. The Bertz CT molecular complexity index is 2450. The number of fused-ring (bicyclic) bond motifs is 1. The molecule has 4 atom stereocenters. The van der Waals surface area contributed by atoms with Crippen LogP contribution in [0.4, 0.5) is 5.95 Å². The number of methoxy groups -OCH3 is 2. The van der Waals surface area contributed by atoms with Crippen molar-refractivity contribution in [3.8, 4) is 11.5 Å². The van der Waals surface area contributed by atoms with Crippen LogP contribution in [-0.2, 0) is 28.9 Å². The highest BCUT2D eigenvalue weighted by Gasteiger charge is 2.58. The number of nitrogens with two attached hydrogens (primary N) is 2. The molecule has 0 bridgehead atoms. The number of anilines is 1. The molecule has 0 radical (unpaired) electrons. The Kier molecular flexibility index (Phi) is 18.0. The molecule has 1 saturated heterocycles. The number of imidazole rings is 1. The number of carbonyl (C=O) groups is 1. The number of aromatic nitrogens is 4.